The molecule has 110 valence electrons. The minimum atomic E-state index is -0.469. The third kappa shape index (κ3) is 4.89. The van der Waals surface area contributed by atoms with Crippen molar-refractivity contribution in [2.24, 2.45) is 5.73 Å². The van der Waals surface area contributed by atoms with Crippen LogP contribution < -0.4 is 16.8 Å². The van der Waals surface area contributed by atoms with E-state index in [2.05, 4.69) is 10.1 Å². The van der Waals surface area contributed by atoms with Crippen LogP contribution in [0.5, 0.6) is 0 Å². The zero-order chi connectivity index (χ0) is 15.0. The molecule has 0 bridgehead atoms. The molecule has 1 aromatic rings. The van der Waals surface area contributed by atoms with Crippen molar-refractivity contribution in [3.8, 4) is 0 Å². The summed E-state index contributed by atoms with van der Waals surface area (Å²) in [5.74, 6) is -0.598. The summed E-state index contributed by atoms with van der Waals surface area (Å²) in [7, 11) is 1.30. The SMILES string of the molecule is COC(=O)c1ccc(N)c(NC(=O)CCCCCN)c1. The number of amides is 1. The quantitative estimate of drug-likeness (QED) is 0.398. The molecule has 1 rings (SSSR count). The molecule has 1 aromatic carbocycles. The van der Waals surface area contributed by atoms with Crippen LogP contribution in [0.4, 0.5) is 11.4 Å². The number of anilines is 2. The first-order chi connectivity index (χ1) is 9.58. The van der Waals surface area contributed by atoms with Gasteiger partial charge in [0.25, 0.3) is 0 Å². The van der Waals surface area contributed by atoms with Crippen LogP contribution in [0.15, 0.2) is 18.2 Å². The van der Waals surface area contributed by atoms with Crippen LogP contribution in [-0.4, -0.2) is 25.5 Å². The highest BCUT2D eigenvalue weighted by molar-refractivity contribution is 5.97. The molecule has 0 heterocycles. The molecule has 0 atom stereocenters. The Bertz CT molecular complexity index is 475. The molecule has 0 aromatic heterocycles. The monoisotopic (exact) mass is 279 g/mol. The lowest BCUT2D eigenvalue weighted by atomic mass is 10.1. The molecule has 0 spiro atoms. The molecular weight excluding hydrogens is 258 g/mol. The van der Waals surface area contributed by atoms with Crippen LogP contribution in [0, 0.1) is 0 Å². The Hall–Kier alpha value is -2.08. The fourth-order valence-corrected chi connectivity index (χ4v) is 1.73. The van der Waals surface area contributed by atoms with E-state index in [-0.39, 0.29) is 5.91 Å². The van der Waals surface area contributed by atoms with Crippen LogP contribution in [0.1, 0.15) is 36.0 Å². The van der Waals surface area contributed by atoms with Gasteiger partial charge in [-0.25, -0.2) is 4.79 Å². The third-order valence-corrected chi connectivity index (χ3v) is 2.86. The number of unbranched alkanes of at least 4 members (excludes halogenated alkanes) is 2. The number of ether oxygens (including phenoxy) is 1. The number of esters is 1. The smallest absolute Gasteiger partial charge is 0.337 e. The van der Waals surface area contributed by atoms with Crippen molar-refractivity contribution in [2.45, 2.75) is 25.7 Å². The number of carbonyl (C=O) groups is 2. The third-order valence-electron chi connectivity index (χ3n) is 2.86. The van der Waals surface area contributed by atoms with Crippen molar-refractivity contribution in [3.63, 3.8) is 0 Å². The van der Waals surface area contributed by atoms with Crippen molar-refractivity contribution in [3.05, 3.63) is 23.8 Å². The topological polar surface area (TPSA) is 107 Å². The Balaban J connectivity index is 2.62. The van der Waals surface area contributed by atoms with Gasteiger partial charge in [0.15, 0.2) is 0 Å². The summed E-state index contributed by atoms with van der Waals surface area (Å²) in [4.78, 5) is 23.2. The maximum Gasteiger partial charge on any atom is 0.337 e. The normalized spacial score (nSPS) is 10.1. The van der Waals surface area contributed by atoms with Crippen LogP contribution >= 0.6 is 0 Å². The highest BCUT2D eigenvalue weighted by Gasteiger charge is 2.10. The molecule has 0 radical (unpaired) electrons. The van der Waals surface area contributed by atoms with Gasteiger partial charge in [0.2, 0.25) is 5.91 Å². The fourth-order valence-electron chi connectivity index (χ4n) is 1.73. The zero-order valence-corrected chi connectivity index (χ0v) is 11.6. The second kappa shape index (κ2) is 8.16. The van der Waals surface area contributed by atoms with Gasteiger partial charge < -0.3 is 21.5 Å². The van der Waals surface area contributed by atoms with E-state index >= 15 is 0 Å². The molecule has 6 nitrogen and oxygen atoms in total. The summed E-state index contributed by atoms with van der Waals surface area (Å²) in [5.41, 5.74) is 12.3. The first kappa shape index (κ1) is 16.0. The molecule has 0 saturated carbocycles. The number of methoxy groups -OCH3 is 1. The first-order valence-corrected chi connectivity index (χ1v) is 6.56. The number of benzene rings is 1. The highest BCUT2D eigenvalue weighted by atomic mass is 16.5. The molecule has 0 fully saturated rings. The summed E-state index contributed by atoms with van der Waals surface area (Å²) >= 11 is 0. The van der Waals surface area contributed by atoms with Gasteiger partial charge in [-0.2, -0.15) is 0 Å². The molecule has 0 aliphatic carbocycles. The Morgan fingerprint density at radius 1 is 1.25 bits per heavy atom. The van der Waals surface area contributed by atoms with Gasteiger partial charge in [0, 0.05) is 6.42 Å². The summed E-state index contributed by atoms with van der Waals surface area (Å²) in [6.45, 7) is 0.635. The van der Waals surface area contributed by atoms with E-state index in [1.54, 1.807) is 12.1 Å². The molecular formula is C14H21N3O3. The number of nitrogens with one attached hydrogen (secondary N) is 1. The van der Waals surface area contributed by atoms with Gasteiger partial charge in [0.1, 0.15) is 0 Å². The number of hydrogen-bond acceptors (Lipinski definition) is 5. The summed E-state index contributed by atoms with van der Waals surface area (Å²) < 4.78 is 4.62. The average Bonchev–Trinajstić information content (AvgIpc) is 2.45. The van der Waals surface area contributed by atoms with Gasteiger partial charge in [-0.3, -0.25) is 4.79 Å². The maximum absolute atomic E-state index is 11.8. The lowest BCUT2D eigenvalue weighted by molar-refractivity contribution is -0.116. The Kier molecular flexibility index (Phi) is 6.52. The molecule has 6 heteroatoms. The number of nitrogens with two attached hydrogens (primary N) is 2. The summed E-state index contributed by atoms with van der Waals surface area (Å²) in [5, 5.41) is 2.70. The van der Waals surface area contributed by atoms with Gasteiger partial charge in [-0.15, -0.1) is 0 Å². The highest BCUT2D eigenvalue weighted by Crippen LogP contribution is 2.21. The van der Waals surface area contributed by atoms with Gasteiger partial charge in [0.05, 0.1) is 24.0 Å². The number of rotatable bonds is 7. The molecule has 20 heavy (non-hydrogen) atoms. The second-order valence-corrected chi connectivity index (χ2v) is 4.44. The largest absolute Gasteiger partial charge is 0.465 e. The Morgan fingerprint density at radius 2 is 2.00 bits per heavy atom. The standard InChI is InChI=1S/C14H21N3O3/c1-20-14(19)10-6-7-11(16)12(9-10)17-13(18)5-3-2-4-8-15/h6-7,9H,2-5,8,15-16H2,1H3,(H,17,18). The zero-order valence-electron chi connectivity index (χ0n) is 11.6. The second-order valence-electron chi connectivity index (χ2n) is 4.44. The molecule has 0 aliphatic rings. The number of carbonyl (C=O) groups excluding carboxylic acids is 2. The van der Waals surface area contributed by atoms with Crippen LogP contribution in [0.25, 0.3) is 0 Å². The van der Waals surface area contributed by atoms with Crippen LogP contribution in [0.2, 0.25) is 0 Å². The van der Waals surface area contributed by atoms with Crippen LogP contribution in [0.3, 0.4) is 0 Å². The first-order valence-electron chi connectivity index (χ1n) is 6.56. The van der Waals surface area contributed by atoms with Crippen molar-refractivity contribution < 1.29 is 14.3 Å². The lowest BCUT2D eigenvalue weighted by Crippen LogP contribution is -2.13. The Morgan fingerprint density at radius 3 is 2.65 bits per heavy atom. The number of hydrogen-bond donors (Lipinski definition) is 3. The Labute approximate surface area is 118 Å². The van der Waals surface area contributed by atoms with Crippen molar-refractivity contribution >= 4 is 23.3 Å². The number of nitrogen functional groups attached to an aromatic ring is 1. The van der Waals surface area contributed by atoms with Gasteiger partial charge >= 0.3 is 5.97 Å². The van der Waals surface area contributed by atoms with Gasteiger partial charge in [-0.1, -0.05) is 6.42 Å². The fraction of sp³-hybridized carbons (Fsp3) is 0.429. The van der Waals surface area contributed by atoms with E-state index in [1.807, 2.05) is 0 Å². The van der Waals surface area contributed by atoms with Gasteiger partial charge in [-0.05, 0) is 37.6 Å². The lowest BCUT2D eigenvalue weighted by Gasteiger charge is -2.09. The molecule has 0 aliphatic heterocycles. The molecule has 0 saturated heterocycles. The predicted molar refractivity (Wildman–Crippen MR) is 78.3 cm³/mol. The molecule has 5 N–H and O–H groups in total. The molecule has 0 unspecified atom stereocenters. The van der Waals surface area contributed by atoms with E-state index in [0.29, 0.717) is 29.9 Å². The van der Waals surface area contributed by atoms with E-state index < -0.39 is 5.97 Å². The van der Waals surface area contributed by atoms with Crippen molar-refractivity contribution in [2.75, 3.05) is 24.7 Å². The van der Waals surface area contributed by atoms with E-state index in [0.717, 1.165) is 19.3 Å². The van der Waals surface area contributed by atoms with Crippen molar-refractivity contribution in [1.29, 1.82) is 0 Å². The van der Waals surface area contributed by atoms with Crippen molar-refractivity contribution in [1.82, 2.24) is 0 Å². The van der Waals surface area contributed by atoms with E-state index in [9.17, 15) is 9.59 Å². The molecule has 1 amide bonds. The van der Waals surface area contributed by atoms with E-state index in [1.165, 1.54) is 13.2 Å². The average molecular weight is 279 g/mol. The predicted octanol–water partition coefficient (Wildman–Crippen LogP) is 1.51. The minimum absolute atomic E-state index is 0.129. The van der Waals surface area contributed by atoms with Crippen LogP contribution in [-0.2, 0) is 9.53 Å². The minimum Gasteiger partial charge on any atom is -0.465 e. The summed E-state index contributed by atoms with van der Waals surface area (Å²) in [6, 6.07) is 4.63. The van der Waals surface area contributed by atoms with E-state index in [4.69, 9.17) is 11.5 Å². The maximum atomic E-state index is 11.8. The summed E-state index contributed by atoms with van der Waals surface area (Å²) in [6.07, 6.45) is 3.01.